The number of carboxylic acids is 2. The van der Waals surface area contributed by atoms with Gasteiger partial charge in [-0.1, -0.05) is 26.7 Å². The highest BCUT2D eigenvalue weighted by atomic mass is 16.6. The highest BCUT2D eigenvalue weighted by Crippen LogP contribution is 2.23. The second-order valence-corrected chi connectivity index (χ2v) is 6.27. The predicted octanol–water partition coefficient (Wildman–Crippen LogP) is 4.91. The van der Waals surface area contributed by atoms with Gasteiger partial charge in [0.1, 0.15) is 0 Å². The van der Waals surface area contributed by atoms with E-state index in [1.165, 1.54) is 24.3 Å². The first-order valence-electron chi connectivity index (χ1n) is 8.95. The zero-order valence-electron chi connectivity index (χ0n) is 15.6. The first-order valence-corrected chi connectivity index (χ1v) is 8.95. The van der Waals surface area contributed by atoms with Crippen molar-refractivity contribution < 1.29 is 24.7 Å². The lowest BCUT2D eigenvalue weighted by atomic mass is 10.0. The third-order valence-electron chi connectivity index (χ3n) is 4.00. The van der Waals surface area contributed by atoms with Crippen molar-refractivity contribution in [1.82, 2.24) is 0 Å². The van der Waals surface area contributed by atoms with Crippen LogP contribution in [-0.2, 0) is 9.59 Å². The van der Waals surface area contributed by atoms with Gasteiger partial charge in [0, 0.05) is 23.3 Å². The summed E-state index contributed by atoms with van der Waals surface area (Å²) >= 11 is 0. The molecule has 0 spiro atoms. The first kappa shape index (κ1) is 22.1. The third-order valence-corrected chi connectivity index (χ3v) is 4.00. The molecule has 0 fully saturated rings. The van der Waals surface area contributed by atoms with Crippen LogP contribution >= 0.6 is 0 Å². The van der Waals surface area contributed by atoms with E-state index < -0.39 is 16.9 Å². The number of hydrogen-bond acceptors (Lipinski definition) is 4. The van der Waals surface area contributed by atoms with Gasteiger partial charge in [0.15, 0.2) is 0 Å². The molecular formula is C20H25NO6. The van der Waals surface area contributed by atoms with E-state index in [1.54, 1.807) is 6.07 Å². The van der Waals surface area contributed by atoms with Gasteiger partial charge < -0.3 is 10.2 Å². The van der Waals surface area contributed by atoms with Gasteiger partial charge in [-0.15, -0.1) is 0 Å². The average Bonchev–Trinajstić information content (AvgIpc) is 2.61. The number of carboxylic acid groups (broad SMARTS) is 2. The van der Waals surface area contributed by atoms with Crippen LogP contribution in [0.2, 0.25) is 0 Å². The molecule has 0 saturated carbocycles. The van der Waals surface area contributed by atoms with E-state index in [0.717, 1.165) is 12.8 Å². The Balaban J connectivity index is 3.40. The Kier molecular flexibility index (Phi) is 8.92. The maximum Gasteiger partial charge on any atom is 0.331 e. The molecule has 146 valence electrons. The van der Waals surface area contributed by atoms with Crippen LogP contribution in [0, 0.1) is 10.1 Å². The van der Waals surface area contributed by atoms with Crippen molar-refractivity contribution in [3.05, 3.63) is 50.6 Å². The van der Waals surface area contributed by atoms with Crippen LogP contribution in [0.5, 0.6) is 0 Å². The standard InChI is InChI=1S/C20H25NO6/c1-3-5-7-16(19(22)23)10-14-9-15(13-18(12-14)21(26)27)11-17(20(24)25)8-6-4-2/h9-13H,3-8H2,1-2H3,(H,22,23)(H,24,25)/b16-10-,17-11-. The summed E-state index contributed by atoms with van der Waals surface area (Å²) in [7, 11) is 0. The Morgan fingerprint density at radius 2 is 1.33 bits per heavy atom. The van der Waals surface area contributed by atoms with E-state index in [4.69, 9.17) is 0 Å². The monoisotopic (exact) mass is 375 g/mol. The Labute approximate surface area is 158 Å². The van der Waals surface area contributed by atoms with Gasteiger partial charge in [-0.05, 0) is 55.0 Å². The molecule has 0 aliphatic carbocycles. The Morgan fingerprint density at radius 3 is 1.63 bits per heavy atom. The number of unbranched alkanes of at least 4 members (excludes halogenated alkanes) is 2. The van der Waals surface area contributed by atoms with Crippen LogP contribution in [0.4, 0.5) is 5.69 Å². The van der Waals surface area contributed by atoms with Crippen LogP contribution in [0.25, 0.3) is 12.2 Å². The molecule has 1 aromatic rings. The highest BCUT2D eigenvalue weighted by Gasteiger charge is 2.13. The van der Waals surface area contributed by atoms with Crippen LogP contribution in [0.3, 0.4) is 0 Å². The minimum atomic E-state index is -1.07. The van der Waals surface area contributed by atoms with Gasteiger partial charge in [0.25, 0.3) is 5.69 Å². The molecule has 7 heteroatoms. The third kappa shape index (κ3) is 7.43. The molecule has 0 aliphatic heterocycles. The number of aliphatic carboxylic acids is 2. The molecule has 0 heterocycles. The van der Waals surface area contributed by atoms with E-state index in [2.05, 4.69) is 0 Å². The molecule has 0 unspecified atom stereocenters. The molecule has 27 heavy (non-hydrogen) atoms. The number of nitrogens with zero attached hydrogens (tertiary/aromatic N) is 1. The number of non-ortho nitro benzene ring substituents is 1. The molecule has 0 saturated heterocycles. The summed E-state index contributed by atoms with van der Waals surface area (Å²) in [5.74, 6) is -2.14. The number of benzene rings is 1. The second-order valence-electron chi connectivity index (χ2n) is 6.27. The van der Waals surface area contributed by atoms with Gasteiger partial charge in [0.05, 0.1) is 4.92 Å². The zero-order valence-corrected chi connectivity index (χ0v) is 15.6. The normalized spacial score (nSPS) is 12.1. The Bertz CT molecular complexity index is 709. The molecule has 1 rings (SSSR count). The molecule has 0 aliphatic rings. The maximum atomic E-state index is 11.4. The average molecular weight is 375 g/mol. The van der Waals surface area contributed by atoms with Gasteiger partial charge in [-0.25, -0.2) is 9.59 Å². The minimum absolute atomic E-state index is 0.164. The first-order chi connectivity index (χ1) is 12.8. The Morgan fingerprint density at radius 1 is 0.926 bits per heavy atom. The van der Waals surface area contributed by atoms with Gasteiger partial charge in [-0.2, -0.15) is 0 Å². The predicted molar refractivity (Wildman–Crippen MR) is 103 cm³/mol. The number of rotatable bonds is 11. The van der Waals surface area contributed by atoms with E-state index in [1.807, 2.05) is 13.8 Å². The van der Waals surface area contributed by atoms with Crippen LogP contribution in [-0.4, -0.2) is 27.1 Å². The molecule has 7 nitrogen and oxygen atoms in total. The van der Waals surface area contributed by atoms with Crippen molar-refractivity contribution in [1.29, 1.82) is 0 Å². The van der Waals surface area contributed by atoms with Crippen LogP contribution in [0.1, 0.15) is 63.5 Å². The van der Waals surface area contributed by atoms with Gasteiger partial charge in [-0.3, -0.25) is 10.1 Å². The molecule has 0 amide bonds. The molecule has 0 radical (unpaired) electrons. The van der Waals surface area contributed by atoms with E-state index in [0.29, 0.717) is 36.8 Å². The molecular weight excluding hydrogens is 350 g/mol. The fraction of sp³-hybridized carbons (Fsp3) is 0.400. The van der Waals surface area contributed by atoms with Crippen molar-refractivity contribution in [2.45, 2.75) is 52.4 Å². The molecule has 0 bridgehead atoms. The largest absolute Gasteiger partial charge is 0.478 e. The Hall–Kier alpha value is -2.96. The molecule has 1 aromatic carbocycles. The molecule has 0 aromatic heterocycles. The summed E-state index contributed by atoms with van der Waals surface area (Å²) in [5, 5.41) is 29.9. The van der Waals surface area contributed by atoms with E-state index in [9.17, 15) is 29.9 Å². The maximum absolute atomic E-state index is 11.4. The summed E-state index contributed by atoms with van der Waals surface area (Å²) in [6, 6.07) is 4.15. The number of nitro groups is 1. The zero-order chi connectivity index (χ0) is 20.4. The summed E-state index contributed by atoms with van der Waals surface area (Å²) in [5.41, 5.74) is 0.845. The van der Waals surface area contributed by atoms with Crippen LogP contribution < -0.4 is 0 Å². The van der Waals surface area contributed by atoms with Gasteiger partial charge in [0.2, 0.25) is 0 Å². The molecule has 2 N–H and O–H groups in total. The minimum Gasteiger partial charge on any atom is -0.478 e. The van der Waals surface area contributed by atoms with Crippen LogP contribution in [0.15, 0.2) is 29.3 Å². The lowest BCUT2D eigenvalue weighted by molar-refractivity contribution is -0.384. The van der Waals surface area contributed by atoms with Crippen molar-refractivity contribution >= 4 is 29.8 Å². The fourth-order valence-corrected chi connectivity index (χ4v) is 2.55. The second kappa shape index (κ2) is 10.9. The van der Waals surface area contributed by atoms with Crippen molar-refractivity contribution in [2.75, 3.05) is 0 Å². The lowest BCUT2D eigenvalue weighted by Crippen LogP contribution is -2.01. The summed E-state index contributed by atoms with van der Waals surface area (Å²) in [4.78, 5) is 33.5. The topological polar surface area (TPSA) is 118 Å². The lowest BCUT2D eigenvalue weighted by Gasteiger charge is -2.05. The number of carbonyl (C=O) groups is 2. The molecule has 0 atom stereocenters. The highest BCUT2D eigenvalue weighted by molar-refractivity contribution is 5.93. The van der Waals surface area contributed by atoms with Crippen molar-refractivity contribution in [3.63, 3.8) is 0 Å². The van der Waals surface area contributed by atoms with Gasteiger partial charge >= 0.3 is 11.9 Å². The van der Waals surface area contributed by atoms with Crippen molar-refractivity contribution in [2.24, 2.45) is 0 Å². The number of hydrogen-bond donors (Lipinski definition) is 2. The summed E-state index contributed by atoms with van der Waals surface area (Å²) in [6.45, 7) is 3.89. The van der Waals surface area contributed by atoms with E-state index in [-0.39, 0.29) is 16.8 Å². The van der Waals surface area contributed by atoms with E-state index >= 15 is 0 Å². The number of nitro benzene ring substituents is 1. The summed E-state index contributed by atoms with van der Waals surface area (Å²) in [6.07, 6.45) is 6.58. The smallest absolute Gasteiger partial charge is 0.331 e. The fourth-order valence-electron chi connectivity index (χ4n) is 2.55. The SMILES string of the molecule is CCCC/C(=C/c1cc(/C=C(/CCCC)C(=O)O)cc([N+](=O)[O-])c1)C(=O)O. The van der Waals surface area contributed by atoms with Crippen molar-refractivity contribution in [3.8, 4) is 0 Å². The summed E-state index contributed by atoms with van der Waals surface area (Å²) < 4.78 is 0. The quantitative estimate of drug-likeness (QED) is 0.322.